The number of phenolic OH excluding ortho intramolecular Hbond substituents is 3. The van der Waals surface area contributed by atoms with E-state index in [9.17, 15) is 15.3 Å². The molecule has 0 saturated carbocycles. The fourth-order valence-corrected chi connectivity index (χ4v) is 4.71. The summed E-state index contributed by atoms with van der Waals surface area (Å²) in [5.41, 5.74) is 5.95. The zero-order valence-electron chi connectivity index (χ0n) is 24.6. The summed E-state index contributed by atoms with van der Waals surface area (Å²) in [4.78, 5) is 0. The molecule has 1 atom stereocenters. The van der Waals surface area contributed by atoms with E-state index in [1.165, 1.54) is 11.6 Å². The molecule has 0 bridgehead atoms. The first kappa shape index (κ1) is 31.3. The molecule has 4 nitrogen and oxygen atoms in total. The number of aromatic hydroxyl groups is 3. The Morgan fingerprint density at radius 1 is 1.08 bits per heavy atom. The monoisotopic (exact) mass is 528 g/mol. The maximum Gasteiger partial charge on any atom is 0.164 e. The van der Waals surface area contributed by atoms with Crippen molar-refractivity contribution >= 4 is 11.1 Å². The second kappa shape index (κ2) is 14.3. The van der Waals surface area contributed by atoms with Crippen LogP contribution in [0, 0.1) is 12.8 Å². The lowest BCUT2D eigenvalue weighted by Gasteiger charge is -2.18. The van der Waals surface area contributed by atoms with Gasteiger partial charge >= 0.3 is 0 Å². The largest absolute Gasteiger partial charge is 0.507 e. The molecule has 0 fully saturated rings. The third-order valence-corrected chi connectivity index (χ3v) is 7.31. The fraction of sp³-hybridized carbons (Fsp3) is 0.314. The molecule has 0 spiro atoms. The Bertz CT molecular complexity index is 1430. The van der Waals surface area contributed by atoms with Crippen molar-refractivity contribution in [2.75, 3.05) is 7.11 Å². The van der Waals surface area contributed by atoms with Crippen LogP contribution in [0.15, 0.2) is 90.3 Å². The first-order chi connectivity index (χ1) is 18.5. The van der Waals surface area contributed by atoms with Crippen molar-refractivity contribution in [3.8, 4) is 17.2 Å². The Labute approximate surface area is 234 Å². The number of rotatable bonds is 11. The van der Waals surface area contributed by atoms with Crippen LogP contribution in [0.4, 0.5) is 0 Å². The highest BCUT2D eigenvalue weighted by molar-refractivity contribution is 5.76. The van der Waals surface area contributed by atoms with Crippen molar-refractivity contribution in [1.82, 2.24) is 0 Å². The molecule has 0 aliphatic heterocycles. The van der Waals surface area contributed by atoms with Gasteiger partial charge in [-0.15, -0.1) is 6.58 Å². The van der Waals surface area contributed by atoms with Crippen LogP contribution >= 0.6 is 0 Å². The molecule has 2 aromatic carbocycles. The molecule has 0 saturated heterocycles. The Balaban J connectivity index is 3.11. The van der Waals surface area contributed by atoms with E-state index in [4.69, 9.17) is 4.74 Å². The molecule has 3 N–H and O–H groups in total. The van der Waals surface area contributed by atoms with E-state index in [1.54, 1.807) is 20.1 Å². The van der Waals surface area contributed by atoms with E-state index >= 15 is 0 Å². The molecule has 0 aliphatic rings. The fourth-order valence-electron chi connectivity index (χ4n) is 4.71. The predicted octanol–water partition coefficient (Wildman–Crippen LogP) is 7.47. The zero-order chi connectivity index (χ0) is 29.3. The number of hydrogen-bond acceptors (Lipinski definition) is 4. The van der Waals surface area contributed by atoms with Crippen LogP contribution in [0.1, 0.15) is 65.0 Å². The Morgan fingerprint density at radius 3 is 2.28 bits per heavy atom. The summed E-state index contributed by atoms with van der Waals surface area (Å²) in [5, 5.41) is 33.6. The van der Waals surface area contributed by atoms with Gasteiger partial charge in [0.25, 0.3) is 0 Å². The highest BCUT2D eigenvalue weighted by Crippen LogP contribution is 2.40. The summed E-state index contributed by atoms with van der Waals surface area (Å²) in [6.07, 6.45) is 10.1. The number of phenols is 3. The van der Waals surface area contributed by atoms with Crippen molar-refractivity contribution in [1.29, 1.82) is 0 Å². The summed E-state index contributed by atoms with van der Waals surface area (Å²) in [7, 11) is 1.69. The average Bonchev–Trinajstić information content (AvgIpc) is 2.94. The summed E-state index contributed by atoms with van der Waals surface area (Å²) in [6, 6.07) is 9.53. The molecule has 0 aromatic heterocycles. The van der Waals surface area contributed by atoms with E-state index < -0.39 is 0 Å². The topological polar surface area (TPSA) is 69.9 Å². The van der Waals surface area contributed by atoms with Crippen molar-refractivity contribution in [2.24, 2.45) is 5.92 Å². The summed E-state index contributed by atoms with van der Waals surface area (Å²) >= 11 is 0. The second-order valence-corrected chi connectivity index (χ2v) is 9.87. The third-order valence-electron chi connectivity index (χ3n) is 7.31. The maximum absolute atomic E-state index is 11.0. The summed E-state index contributed by atoms with van der Waals surface area (Å²) in [5.74, 6) is 0.286. The Hall–Kier alpha value is -3.92. The van der Waals surface area contributed by atoms with Gasteiger partial charge in [-0.1, -0.05) is 80.1 Å². The minimum atomic E-state index is -0.322. The van der Waals surface area contributed by atoms with Crippen LogP contribution < -0.4 is 10.4 Å². The number of ether oxygens (including phenoxy) is 1. The van der Waals surface area contributed by atoms with E-state index in [2.05, 4.69) is 58.2 Å². The minimum absolute atomic E-state index is 0.0625. The van der Waals surface area contributed by atoms with Crippen LogP contribution in [-0.2, 0) is 4.74 Å². The highest BCUT2D eigenvalue weighted by atomic mass is 16.5. The standard InChI is InChI=1S/C35H44O4/c1-10-15-23(5)31(20-27(26(8)39-9)19-24(6)22(4)12-3)30-18-14-13-17-29(30)28(16-11-2)32-21-33(36)35(38)25(7)34(32)37/h10-11,13-15,17-19,21,23,36-38H,2,4,12,16,20H2,1,3,5-9H3/b15-10-,24-19+,27-26-,29-28+,31-30-. The molecule has 0 amide bonds. The summed E-state index contributed by atoms with van der Waals surface area (Å²) in [6.45, 7) is 20.1. The van der Waals surface area contributed by atoms with Gasteiger partial charge in [-0.25, -0.2) is 0 Å². The molecule has 4 heteroatoms. The van der Waals surface area contributed by atoms with Crippen LogP contribution in [0.2, 0.25) is 0 Å². The van der Waals surface area contributed by atoms with Crippen molar-refractivity contribution < 1.29 is 20.1 Å². The number of methoxy groups -OCH3 is 1. The van der Waals surface area contributed by atoms with Gasteiger partial charge in [-0.3, -0.25) is 0 Å². The molecule has 208 valence electrons. The van der Waals surface area contributed by atoms with Crippen LogP contribution in [0.5, 0.6) is 17.2 Å². The molecule has 0 aliphatic carbocycles. The smallest absolute Gasteiger partial charge is 0.164 e. The van der Waals surface area contributed by atoms with Crippen LogP contribution in [-0.4, -0.2) is 22.4 Å². The first-order valence-electron chi connectivity index (χ1n) is 13.4. The summed E-state index contributed by atoms with van der Waals surface area (Å²) < 4.78 is 5.71. The lowest BCUT2D eigenvalue weighted by atomic mass is 9.88. The van der Waals surface area contributed by atoms with Gasteiger partial charge < -0.3 is 20.1 Å². The zero-order valence-corrected chi connectivity index (χ0v) is 24.6. The van der Waals surface area contributed by atoms with Gasteiger partial charge in [0.2, 0.25) is 0 Å². The molecule has 0 radical (unpaired) electrons. The molecule has 2 rings (SSSR count). The molecule has 2 aromatic rings. The van der Waals surface area contributed by atoms with Gasteiger partial charge in [0.05, 0.1) is 12.9 Å². The molecular formula is C35H44O4. The SMILES string of the molecule is C=CC/C(c1cc(O)c(O)c(C)c1O)=c1/cccc/c1=C(\CC(/C=C(\C)C(=C)CC)=C(/C)OC)C(C)/C=C\C. The van der Waals surface area contributed by atoms with Gasteiger partial charge in [-0.05, 0) is 86.1 Å². The third kappa shape index (κ3) is 7.35. The molecule has 39 heavy (non-hydrogen) atoms. The van der Waals surface area contributed by atoms with Crippen molar-refractivity contribution in [2.45, 2.75) is 60.8 Å². The van der Waals surface area contributed by atoms with Crippen LogP contribution in [0.25, 0.3) is 11.1 Å². The second-order valence-electron chi connectivity index (χ2n) is 9.87. The number of hydrogen-bond donors (Lipinski definition) is 3. The minimum Gasteiger partial charge on any atom is -0.507 e. The van der Waals surface area contributed by atoms with Crippen molar-refractivity contribution in [3.05, 3.63) is 112 Å². The van der Waals surface area contributed by atoms with E-state index in [1.807, 2.05) is 32.0 Å². The quantitative estimate of drug-likeness (QED) is 0.0930. The van der Waals surface area contributed by atoms with E-state index in [0.29, 0.717) is 18.4 Å². The average molecular weight is 529 g/mol. The van der Waals surface area contributed by atoms with Gasteiger partial charge in [0.1, 0.15) is 5.75 Å². The van der Waals surface area contributed by atoms with E-state index in [-0.39, 0.29) is 28.7 Å². The van der Waals surface area contributed by atoms with Gasteiger partial charge in [0, 0.05) is 11.1 Å². The van der Waals surface area contributed by atoms with Crippen LogP contribution in [0.3, 0.4) is 0 Å². The molecular weight excluding hydrogens is 484 g/mol. The maximum atomic E-state index is 11.0. The van der Waals surface area contributed by atoms with Gasteiger partial charge in [0.15, 0.2) is 11.5 Å². The molecule has 0 heterocycles. The Morgan fingerprint density at radius 2 is 1.72 bits per heavy atom. The lowest BCUT2D eigenvalue weighted by Crippen LogP contribution is -2.31. The van der Waals surface area contributed by atoms with Gasteiger partial charge in [-0.2, -0.15) is 0 Å². The lowest BCUT2D eigenvalue weighted by molar-refractivity contribution is 0.289. The predicted molar refractivity (Wildman–Crippen MR) is 164 cm³/mol. The van der Waals surface area contributed by atoms with Crippen molar-refractivity contribution in [3.63, 3.8) is 0 Å². The number of benzene rings is 2. The number of allylic oxidation sites excluding steroid dienone is 8. The first-order valence-corrected chi connectivity index (χ1v) is 13.4. The highest BCUT2D eigenvalue weighted by Gasteiger charge is 2.18. The Kier molecular flexibility index (Phi) is 11.5. The normalized spacial score (nSPS) is 15.0. The van der Waals surface area contributed by atoms with E-state index in [0.717, 1.165) is 44.9 Å². The molecule has 1 unspecified atom stereocenters.